The molecule has 0 bridgehead atoms. The molecule has 0 aromatic heterocycles. The number of allylic oxidation sites excluding steroid dienone is 4. The first-order chi connectivity index (χ1) is 24.0. The number of nitrogens with zero attached hydrogens (tertiary/aromatic N) is 1. The van der Waals surface area contributed by atoms with Gasteiger partial charge in [0.2, 0.25) is 0 Å². The number of rotatable bonds is 6. The van der Waals surface area contributed by atoms with E-state index in [4.69, 9.17) is 10.4 Å². The second kappa shape index (κ2) is 13.0. The number of hydrogen-bond acceptors (Lipinski definition) is 1. The summed E-state index contributed by atoms with van der Waals surface area (Å²) in [6.07, 6.45) is 15.9. The van der Waals surface area contributed by atoms with Gasteiger partial charge in [0.15, 0.2) is 5.84 Å². The smallest absolute Gasteiger partial charge is 0.153 e. The monoisotopic (exact) mass is 637 g/mol. The molecule has 3 nitrogen and oxygen atoms in total. The molecule has 0 amide bonds. The maximum atomic E-state index is 8.73. The molecule has 0 saturated heterocycles. The summed E-state index contributed by atoms with van der Waals surface area (Å²) in [7, 11) is 0. The van der Waals surface area contributed by atoms with Crippen molar-refractivity contribution < 1.29 is 0 Å². The number of hydrogen-bond donors (Lipinski definition) is 2. The summed E-state index contributed by atoms with van der Waals surface area (Å²) in [6.45, 7) is 5.39. The number of nitrogens with one attached hydrogen (secondary N) is 2. The van der Waals surface area contributed by atoms with Gasteiger partial charge in [-0.2, -0.15) is 0 Å². The van der Waals surface area contributed by atoms with Gasteiger partial charge in [-0.15, -0.1) is 0 Å². The third kappa shape index (κ3) is 5.88. The quantitative estimate of drug-likeness (QED) is 0.109. The zero-order valence-electron chi connectivity index (χ0n) is 28.5. The van der Waals surface area contributed by atoms with E-state index in [0.717, 1.165) is 43.5 Å². The first-order valence-electron chi connectivity index (χ1n) is 17.8. The molecule has 1 atom stereocenters. The molecule has 5 aromatic rings. The van der Waals surface area contributed by atoms with Gasteiger partial charge < -0.3 is 5.32 Å². The molecule has 0 fully saturated rings. The van der Waals surface area contributed by atoms with Crippen LogP contribution in [0.2, 0.25) is 0 Å². The molecule has 3 heteroatoms. The summed E-state index contributed by atoms with van der Waals surface area (Å²) < 4.78 is 0. The van der Waals surface area contributed by atoms with Crippen molar-refractivity contribution in [1.82, 2.24) is 5.32 Å². The summed E-state index contributed by atoms with van der Waals surface area (Å²) in [4.78, 5) is 4.87. The molecule has 0 radical (unpaired) electrons. The van der Waals surface area contributed by atoms with Crippen LogP contribution in [0.25, 0.3) is 44.2 Å². The highest BCUT2D eigenvalue weighted by Gasteiger charge is 2.37. The lowest BCUT2D eigenvalue weighted by Crippen LogP contribution is -2.32. The van der Waals surface area contributed by atoms with Crippen molar-refractivity contribution in [3.8, 4) is 33.4 Å². The van der Waals surface area contributed by atoms with Crippen LogP contribution in [-0.4, -0.2) is 11.7 Å². The summed E-state index contributed by atoms with van der Waals surface area (Å²) in [5.74, 6) is 1.58. The lowest BCUT2D eigenvalue weighted by Gasteiger charge is -2.23. The summed E-state index contributed by atoms with van der Waals surface area (Å²) in [5.41, 5.74) is 12.5. The predicted octanol–water partition coefficient (Wildman–Crippen LogP) is 11.6. The highest BCUT2D eigenvalue weighted by molar-refractivity contribution is 6.09. The van der Waals surface area contributed by atoms with Gasteiger partial charge in [0, 0.05) is 23.5 Å². The Bertz CT molecular complexity index is 2210. The Hall–Kier alpha value is -5.28. The molecule has 0 aliphatic heterocycles. The normalized spacial score (nSPS) is 17.8. The van der Waals surface area contributed by atoms with Gasteiger partial charge in [0.05, 0.1) is 0 Å². The van der Waals surface area contributed by atoms with Gasteiger partial charge >= 0.3 is 0 Å². The van der Waals surface area contributed by atoms with Gasteiger partial charge in [0.1, 0.15) is 5.84 Å². The Morgan fingerprint density at radius 3 is 2.33 bits per heavy atom. The maximum Gasteiger partial charge on any atom is 0.153 e. The van der Waals surface area contributed by atoms with Crippen molar-refractivity contribution in [2.75, 3.05) is 0 Å². The first-order valence-corrected chi connectivity index (χ1v) is 17.8. The van der Waals surface area contributed by atoms with Crippen LogP contribution >= 0.6 is 0 Å². The molecule has 1 unspecified atom stereocenters. The third-order valence-electron chi connectivity index (χ3n) is 10.7. The van der Waals surface area contributed by atoms with Gasteiger partial charge in [-0.05, 0) is 111 Å². The summed E-state index contributed by atoms with van der Waals surface area (Å²) in [6, 6.07) is 38.1. The zero-order chi connectivity index (χ0) is 33.4. The minimum Gasteiger partial charge on any atom is -0.369 e. The van der Waals surface area contributed by atoms with Crippen LogP contribution in [0.5, 0.6) is 0 Å². The van der Waals surface area contributed by atoms with E-state index in [1.54, 1.807) is 0 Å². The molecule has 5 aromatic carbocycles. The van der Waals surface area contributed by atoms with Crippen molar-refractivity contribution in [2.24, 2.45) is 10.9 Å². The maximum absolute atomic E-state index is 8.73. The Morgan fingerprint density at radius 2 is 1.51 bits per heavy atom. The van der Waals surface area contributed by atoms with Crippen molar-refractivity contribution >= 4 is 22.4 Å². The van der Waals surface area contributed by atoms with Crippen LogP contribution in [-0.2, 0) is 12.0 Å². The van der Waals surface area contributed by atoms with Gasteiger partial charge in [0.25, 0.3) is 0 Å². The lowest BCUT2D eigenvalue weighted by molar-refractivity contribution is 0.595. The van der Waals surface area contributed by atoms with E-state index >= 15 is 0 Å². The molecular weight excluding hydrogens is 595 g/mol. The van der Waals surface area contributed by atoms with E-state index in [0.29, 0.717) is 18.3 Å². The second-order valence-electron chi connectivity index (χ2n) is 14.2. The topological polar surface area (TPSA) is 48.2 Å². The van der Waals surface area contributed by atoms with Crippen molar-refractivity contribution in [3.05, 3.63) is 156 Å². The molecule has 49 heavy (non-hydrogen) atoms. The number of aliphatic imine (C=N–C) groups is 1. The fourth-order valence-electron chi connectivity index (χ4n) is 8.00. The van der Waals surface area contributed by atoms with E-state index in [1.165, 1.54) is 60.8 Å². The molecule has 0 heterocycles. The SMILES string of the molecule is CC1(C)c2ccccc2-c2c1cc(-c1cccc(-c3cccc(CN/C(=N\C(=N)C4=CCCC=C4)C4CC=CCC4)c3)c1)c1ccccc21. The van der Waals surface area contributed by atoms with Crippen LogP contribution in [0.3, 0.4) is 0 Å². The minimum absolute atomic E-state index is 0.0672. The van der Waals surface area contributed by atoms with Crippen LogP contribution in [0.1, 0.15) is 62.6 Å². The first kappa shape index (κ1) is 31.0. The molecular formula is C46H43N3. The second-order valence-corrected chi connectivity index (χ2v) is 14.2. The fraction of sp³-hybridized carbons (Fsp3) is 0.217. The van der Waals surface area contributed by atoms with Crippen molar-refractivity contribution in [3.63, 3.8) is 0 Å². The van der Waals surface area contributed by atoms with Gasteiger partial charge in [-0.25, -0.2) is 4.99 Å². The molecule has 0 saturated carbocycles. The minimum atomic E-state index is -0.0672. The highest BCUT2D eigenvalue weighted by atomic mass is 15.0. The lowest BCUT2D eigenvalue weighted by atomic mass is 9.80. The van der Waals surface area contributed by atoms with E-state index in [9.17, 15) is 0 Å². The Balaban J connectivity index is 1.11. The van der Waals surface area contributed by atoms with Crippen LogP contribution in [0.15, 0.2) is 144 Å². The largest absolute Gasteiger partial charge is 0.369 e. The van der Waals surface area contributed by atoms with Crippen LogP contribution in [0.4, 0.5) is 0 Å². The fourth-order valence-corrected chi connectivity index (χ4v) is 8.00. The Morgan fingerprint density at radius 1 is 0.735 bits per heavy atom. The van der Waals surface area contributed by atoms with Crippen LogP contribution < -0.4 is 5.32 Å². The van der Waals surface area contributed by atoms with Gasteiger partial charge in [-0.1, -0.05) is 129 Å². The average Bonchev–Trinajstić information content (AvgIpc) is 3.39. The van der Waals surface area contributed by atoms with E-state index in [2.05, 4.69) is 147 Å². The third-order valence-corrected chi connectivity index (χ3v) is 10.7. The number of fused-ring (bicyclic) bond motifs is 5. The van der Waals surface area contributed by atoms with E-state index < -0.39 is 0 Å². The molecule has 8 rings (SSSR count). The molecule has 3 aliphatic carbocycles. The van der Waals surface area contributed by atoms with E-state index in [1.807, 2.05) is 6.08 Å². The van der Waals surface area contributed by atoms with E-state index in [-0.39, 0.29) is 5.41 Å². The predicted molar refractivity (Wildman–Crippen MR) is 207 cm³/mol. The number of amidine groups is 2. The molecule has 2 N–H and O–H groups in total. The Labute approximate surface area is 290 Å². The summed E-state index contributed by atoms with van der Waals surface area (Å²) >= 11 is 0. The molecule has 0 spiro atoms. The average molecular weight is 638 g/mol. The van der Waals surface area contributed by atoms with Crippen LogP contribution in [0, 0.1) is 11.3 Å². The van der Waals surface area contributed by atoms with Gasteiger partial charge in [-0.3, -0.25) is 5.41 Å². The van der Waals surface area contributed by atoms with Crippen molar-refractivity contribution in [2.45, 2.75) is 57.9 Å². The number of benzene rings is 5. The van der Waals surface area contributed by atoms with Crippen molar-refractivity contribution in [1.29, 1.82) is 5.41 Å². The standard InChI is InChI=1S/C46H43N3/c1-46(2)41-26-12-11-25-39(41)43-38-24-10-9-23-37(38)40(29-42(43)46)36-22-14-21-35(28-36)34-20-13-15-31(27-34)30-48-45(33-18-7-4-8-19-33)49-44(47)32-16-5-3-6-17-32/h4-5,7,9-17,20-29,33H,3,6,8,18-19,30H2,1-2H3,(H2,47,48,49). The molecule has 3 aliphatic rings. The molecule has 242 valence electrons. The Kier molecular flexibility index (Phi) is 8.21. The highest BCUT2D eigenvalue weighted by Crippen LogP contribution is 2.53. The summed E-state index contributed by atoms with van der Waals surface area (Å²) in [5, 5.41) is 15.0. The zero-order valence-corrected chi connectivity index (χ0v) is 28.5.